The van der Waals surface area contributed by atoms with E-state index in [0.29, 0.717) is 12.4 Å². The zero-order chi connectivity index (χ0) is 16.7. The number of rotatable bonds is 9. The first-order valence-corrected chi connectivity index (χ1v) is 8.48. The van der Waals surface area contributed by atoms with E-state index in [1.807, 2.05) is 29.5 Å². The van der Waals surface area contributed by atoms with Crippen LogP contribution in [0.25, 0.3) is 0 Å². The fourth-order valence-corrected chi connectivity index (χ4v) is 2.92. The van der Waals surface area contributed by atoms with Crippen molar-refractivity contribution in [3.63, 3.8) is 0 Å². The molecule has 2 aromatic heterocycles. The van der Waals surface area contributed by atoms with Crippen LogP contribution in [0.4, 0.5) is 17.3 Å². The number of nitro groups is 1. The Bertz CT molecular complexity index is 633. The Morgan fingerprint density at radius 3 is 2.91 bits per heavy atom. The van der Waals surface area contributed by atoms with Gasteiger partial charge in [0.05, 0.1) is 4.92 Å². The van der Waals surface area contributed by atoms with Gasteiger partial charge in [0.1, 0.15) is 6.33 Å². The highest BCUT2D eigenvalue weighted by atomic mass is 32.1. The number of hydrogen-bond donors (Lipinski definition) is 1. The third kappa shape index (κ3) is 4.62. The van der Waals surface area contributed by atoms with Gasteiger partial charge < -0.3 is 10.2 Å². The zero-order valence-electron chi connectivity index (χ0n) is 13.4. The molecule has 0 aromatic carbocycles. The van der Waals surface area contributed by atoms with Gasteiger partial charge in [-0.25, -0.2) is 9.97 Å². The number of hydrogen-bond acceptors (Lipinski definition) is 7. The van der Waals surface area contributed by atoms with E-state index in [1.165, 1.54) is 11.2 Å². The predicted molar refractivity (Wildman–Crippen MR) is 93.4 cm³/mol. The molecule has 124 valence electrons. The molecule has 0 unspecified atom stereocenters. The number of nitrogens with zero attached hydrogens (tertiary/aromatic N) is 4. The Hall–Kier alpha value is -2.22. The molecule has 0 aliphatic rings. The summed E-state index contributed by atoms with van der Waals surface area (Å²) in [7, 11) is 1.82. The van der Waals surface area contributed by atoms with Crippen molar-refractivity contribution in [2.45, 2.75) is 26.2 Å². The summed E-state index contributed by atoms with van der Waals surface area (Å²) in [6.45, 7) is 3.40. The van der Waals surface area contributed by atoms with Gasteiger partial charge in [-0.05, 0) is 24.3 Å². The van der Waals surface area contributed by atoms with Crippen LogP contribution in [-0.4, -0.2) is 35.0 Å². The van der Waals surface area contributed by atoms with Crippen LogP contribution < -0.4 is 10.2 Å². The molecular weight excluding hydrogens is 314 g/mol. The lowest BCUT2D eigenvalue weighted by atomic mass is 10.3. The number of nitrogens with one attached hydrogen (secondary N) is 1. The van der Waals surface area contributed by atoms with Gasteiger partial charge in [0.25, 0.3) is 0 Å². The van der Waals surface area contributed by atoms with Crippen molar-refractivity contribution in [1.29, 1.82) is 0 Å². The van der Waals surface area contributed by atoms with Crippen molar-refractivity contribution in [2.24, 2.45) is 0 Å². The van der Waals surface area contributed by atoms with E-state index >= 15 is 0 Å². The molecule has 0 bridgehead atoms. The van der Waals surface area contributed by atoms with E-state index in [2.05, 4.69) is 22.2 Å². The van der Waals surface area contributed by atoms with Crippen molar-refractivity contribution in [3.05, 3.63) is 38.8 Å². The molecule has 23 heavy (non-hydrogen) atoms. The highest BCUT2D eigenvalue weighted by Crippen LogP contribution is 2.31. The summed E-state index contributed by atoms with van der Waals surface area (Å²) in [5.41, 5.74) is -0.0581. The first kappa shape index (κ1) is 17.1. The molecule has 2 rings (SSSR count). The lowest BCUT2D eigenvalue weighted by molar-refractivity contribution is -0.383. The van der Waals surface area contributed by atoms with Gasteiger partial charge in [0.2, 0.25) is 11.6 Å². The van der Waals surface area contributed by atoms with Gasteiger partial charge in [-0.2, -0.15) is 0 Å². The SMILES string of the molecule is CCCCN(C)c1ncnc(NCCc2cccs2)c1[N+](=O)[O-]. The molecular formula is C15H21N5O2S. The molecule has 0 aliphatic carbocycles. The monoisotopic (exact) mass is 335 g/mol. The first-order chi connectivity index (χ1) is 11.1. The molecule has 0 saturated carbocycles. The summed E-state index contributed by atoms with van der Waals surface area (Å²) >= 11 is 1.67. The van der Waals surface area contributed by atoms with E-state index in [-0.39, 0.29) is 11.5 Å². The fourth-order valence-electron chi connectivity index (χ4n) is 2.21. The van der Waals surface area contributed by atoms with Crippen LogP contribution in [0.1, 0.15) is 24.6 Å². The van der Waals surface area contributed by atoms with E-state index in [0.717, 1.165) is 25.8 Å². The minimum atomic E-state index is -0.411. The summed E-state index contributed by atoms with van der Waals surface area (Å²) in [6.07, 6.45) is 4.16. The van der Waals surface area contributed by atoms with E-state index < -0.39 is 4.92 Å². The van der Waals surface area contributed by atoms with Gasteiger partial charge >= 0.3 is 5.69 Å². The zero-order valence-corrected chi connectivity index (χ0v) is 14.2. The topological polar surface area (TPSA) is 84.2 Å². The normalized spacial score (nSPS) is 10.5. The van der Waals surface area contributed by atoms with Gasteiger partial charge in [-0.3, -0.25) is 10.1 Å². The van der Waals surface area contributed by atoms with Gasteiger partial charge in [-0.15, -0.1) is 11.3 Å². The Kier molecular flexibility index (Phi) is 6.28. The second-order valence-corrected chi connectivity index (χ2v) is 6.22. The predicted octanol–water partition coefficient (Wildman–Crippen LogP) is 3.34. The number of anilines is 2. The molecule has 2 aromatic rings. The maximum atomic E-state index is 11.5. The molecule has 1 N–H and O–H groups in total. The Morgan fingerprint density at radius 2 is 2.26 bits per heavy atom. The molecule has 8 heteroatoms. The van der Waals surface area contributed by atoms with Crippen LogP contribution in [0.5, 0.6) is 0 Å². The summed E-state index contributed by atoms with van der Waals surface area (Å²) < 4.78 is 0. The molecule has 0 spiro atoms. The highest BCUT2D eigenvalue weighted by molar-refractivity contribution is 7.09. The minimum Gasteiger partial charge on any atom is -0.364 e. The maximum Gasteiger partial charge on any atom is 0.353 e. The first-order valence-electron chi connectivity index (χ1n) is 7.60. The lowest BCUT2D eigenvalue weighted by Gasteiger charge is -2.18. The average Bonchev–Trinajstić information content (AvgIpc) is 3.05. The number of aromatic nitrogens is 2. The molecule has 0 aliphatic heterocycles. The van der Waals surface area contributed by atoms with Gasteiger partial charge in [0.15, 0.2) is 0 Å². The van der Waals surface area contributed by atoms with E-state index in [9.17, 15) is 10.1 Å². The summed E-state index contributed by atoms with van der Waals surface area (Å²) in [5.74, 6) is 0.636. The average molecular weight is 335 g/mol. The largest absolute Gasteiger partial charge is 0.364 e. The summed E-state index contributed by atoms with van der Waals surface area (Å²) in [5, 5.41) is 16.6. The van der Waals surface area contributed by atoms with E-state index in [1.54, 1.807) is 11.3 Å². The van der Waals surface area contributed by atoms with Crippen LogP contribution in [0.15, 0.2) is 23.8 Å². The van der Waals surface area contributed by atoms with Crippen molar-refractivity contribution >= 4 is 28.7 Å². The standard InChI is InChI=1S/C15H21N5O2S/c1-3-4-9-19(2)15-13(20(21)22)14(17-11-18-15)16-8-7-12-6-5-10-23-12/h5-6,10-11H,3-4,7-9H2,1-2H3,(H,16,17,18). The van der Waals surface area contributed by atoms with Crippen molar-refractivity contribution in [2.75, 3.05) is 30.4 Å². The van der Waals surface area contributed by atoms with Crippen LogP contribution in [0.3, 0.4) is 0 Å². The van der Waals surface area contributed by atoms with Gasteiger partial charge in [-0.1, -0.05) is 19.4 Å². The van der Waals surface area contributed by atoms with E-state index in [4.69, 9.17) is 0 Å². The summed E-state index contributed by atoms with van der Waals surface area (Å²) in [4.78, 5) is 22.3. The molecule has 0 fully saturated rings. The number of unbranched alkanes of at least 4 members (excludes halogenated alkanes) is 1. The Morgan fingerprint density at radius 1 is 1.43 bits per heavy atom. The number of thiophene rings is 1. The molecule has 0 radical (unpaired) electrons. The molecule has 0 saturated heterocycles. The smallest absolute Gasteiger partial charge is 0.353 e. The fraction of sp³-hybridized carbons (Fsp3) is 0.467. The van der Waals surface area contributed by atoms with Crippen LogP contribution in [0.2, 0.25) is 0 Å². The quantitative estimate of drug-likeness (QED) is 0.559. The van der Waals surface area contributed by atoms with Crippen molar-refractivity contribution < 1.29 is 4.92 Å². The van der Waals surface area contributed by atoms with Crippen molar-refractivity contribution in [1.82, 2.24) is 9.97 Å². The summed E-state index contributed by atoms with van der Waals surface area (Å²) in [6, 6.07) is 4.04. The van der Waals surface area contributed by atoms with Crippen LogP contribution >= 0.6 is 11.3 Å². The van der Waals surface area contributed by atoms with Crippen LogP contribution in [0, 0.1) is 10.1 Å². The van der Waals surface area contributed by atoms with Crippen LogP contribution in [-0.2, 0) is 6.42 Å². The lowest BCUT2D eigenvalue weighted by Crippen LogP contribution is -2.22. The third-order valence-corrected chi connectivity index (χ3v) is 4.37. The molecule has 7 nitrogen and oxygen atoms in total. The van der Waals surface area contributed by atoms with Gasteiger partial charge in [0, 0.05) is 25.0 Å². The highest BCUT2D eigenvalue weighted by Gasteiger charge is 2.25. The molecule has 0 atom stereocenters. The molecule has 0 amide bonds. The minimum absolute atomic E-state index is 0.0581. The second kappa shape index (κ2) is 8.42. The Balaban J connectivity index is 2.13. The second-order valence-electron chi connectivity index (χ2n) is 5.18. The maximum absolute atomic E-state index is 11.5. The Labute approximate surface area is 139 Å². The molecule has 2 heterocycles. The van der Waals surface area contributed by atoms with Crippen molar-refractivity contribution in [3.8, 4) is 0 Å². The third-order valence-electron chi connectivity index (χ3n) is 3.44.